The molecule has 3 amide bonds. The van der Waals surface area contributed by atoms with E-state index in [0.717, 1.165) is 11.1 Å². The predicted octanol–water partition coefficient (Wildman–Crippen LogP) is 4.52. The highest BCUT2D eigenvalue weighted by molar-refractivity contribution is 7.14. The summed E-state index contributed by atoms with van der Waals surface area (Å²) in [4.78, 5) is 28.7. The van der Waals surface area contributed by atoms with Crippen molar-refractivity contribution in [1.82, 2.24) is 10.3 Å². The highest BCUT2D eigenvalue weighted by atomic mass is 32.1. The summed E-state index contributed by atoms with van der Waals surface area (Å²) in [6.45, 7) is 3.90. The van der Waals surface area contributed by atoms with E-state index in [4.69, 9.17) is 0 Å². The van der Waals surface area contributed by atoms with Gasteiger partial charge in [-0.25, -0.2) is 9.78 Å². The molecule has 1 aromatic heterocycles. The molecule has 144 valence electrons. The van der Waals surface area contributed by atoms with Gasteiger partial charge in [0.1, 0.15) is 0 Å². The number of urea groups is 1. The first-order chi connectivity index (χ1) is 13.5. The van der Waals surface area contributed by atoms with Gasteiger partial charge < -0.3 is 10.6 Å². The summed E-state index contributed by atoms with van der Waals surface area (Å²) in [6.07, 6.45) is 0.162. The molecule has 0 spiro atoms. The molecule has 0 fully saturated rings. The first kappa shape index (κ1) is 19.6. The number of carbonyl (C=O) groups is 2. The lowest BCUT2D eigenvalue weighted by molar-refractivity contribution is -0.121. The molecule has 7 heteroatoms. The minimum atomic E-state index is -0.367. The van der Waals surface area contributed by atoms with Crippen LogP contribution in [-0.4, -0.2) is 16.9 Å². The Morgan fingerprint density at radius 2 is 1.86 bits per heavy atom. The predicted molar refractivity (Wildman–Crippen MR) is 113 cm³/mol. The number of aromatic nitrogens is 1. The highest BCUT2D eigenvalue weighted by Gasteiger charge is 2.13. The van der Waals surface area contributed by atoms with Crippen molar-refractivity contribution in [3.8, 4) is 0 Å². The van der Waals surface area contributed by atoms with Crippen molar-refractivity contribution in [2.75, 3.05) is 10.6 Å². The molecule has 1 atom stereocenters. The molecule has 3 rings (SSSR count). The van der Waals surface area contributed by atoms with Crippen molar-refractivity contribution in [3.05, 3.63) is 76.8 Å². The third-order valence-electron chi connectivity index (χ3n) is 4.07. The van der Waals surface area contributed by atoms with E-state index >= 15 is 0 Å². The molecular formula is C21H22N4O2S. The van der Waals surface area contributed by atoms with Gasteiger partial charge >= 0.3 is 6.03 Å². The van der Waals surface area contributed by atoms with Crippen molar-refractivity contribution in [2.45, 2.75) is 26.3 Å². The van der Waals surface area contributed by atoms with Crippen LogP contribution in [0.15, 0.2) is 60.0 Å². The zero-order chi connectivity index (χ0) is 19.9. The maximum absolute atomic E-state index is 12.3. The summed E-state index contributed by atoms with van der Waals surface area (Å²) >= 11 is 1.29. The molecule has 6 nitrogen and oxygen atoms in total. The van der Waals surface area contributed by atoms with Gasteiger partial charge in [0, 0.05) is 11.1 Å². The Hall–Kier alpha value is -3.19. The fraction of sp³-hybridized carbons (Fsp3) is 0.190. The van der Waals surface area contributed by atoms with Crippen molar-refractivity contribution in [2.24, 2.45) is 0 Å². The third-order valence-corrected chi connectivity index (χ3v) is 4.87. The SMILES string of the molecule is Cc1cccc(NC(=O)Nc2nc(CC(=O)NC(C)c3ccccc3)cs2)c1. The van der Waals surface area contributed by atoms with Crippen LogP contribution in [0.5, 0.6) is 0 Å². The molecule has 0 bridgehead atoms. The van der Waals surface area contributed by atoms with Gasteiger partial charge in [0.25, 0.3) is 0 Å². The standard InChI is InChI=1S/C21H22N4O2S/c1-14-7-6-10-17(11-14)23-20(27)25-21-24-18(13-28-21)12-19(26)22-15(2)16-8-4-3-5-9-16/h3-11,13,15H,12H2,1-2H3,(H,22,26)(H2,23,24,25,27). The monoisotopic (exact) mass is 394 g/mol. The van der Waals surface area contributed by atoms with Gasteiger partial charge in [0.15, 0.2) is 5.13 Å². The summed E-state index contributed by atoms with van der Waals surface area (Å²) in [5.41, 5.74) is 3.44. The molecule has 28 heavy (non-hydrogen) atoms. The average molecular weight is 395 g/mol. The number of anilines is 2. The van der Waals surface area contributed by atoms with Gasteiger partial charge in [0.05, 0.1) is 18.2 Å². The Labute approximate surface area is 168 Å². The van der Waals surface area contributed by atoms with Gasteiger partial charge in [-0.1, -0.05) is 42.5 Å². The zero-order valence-electron chi connectivity index (χ0n) is 15.7. The van der Waals surface area contributed by atoms with Gasteiger partial charge in [-0.15, -0.1) is 11.3 Å². The summed E-state index contributed by atoms with van der Waals surface area (Å²) in [7, 11) is 0. The van der Waals surface area contributed by atoms with Crippen LogP contribution in [0.1, 0.15) is 29.8 Å². The van der Waals surface area contributed by atoms with E-state index in [1.54, 1.807) is 5.38 Å². The number of amides is 3. The largest absolute Gasteiger partial charge is 0.349 e. The topological polar surface area (TPSA) is 83.1 Å². The molecule has 3 aromatic rings. The summed E-state index contributed by atoms with van der Waals surface area (Å²) < 4.78 is 0. The average Bonchev–Trinajstić information content (AvgIpc) is 3.08. The highest BCUT2D eigenvalue weighted by Crippen LogP contribution is 2.18. The zero-order valence-corrected chi connectivity index (χ0v) is 16.5. The Kier molecular flexibility index (Phi) is 6.39. The first-order valence-corrected chi connectivity index (χ1v) is 9.81. The van der Waals surface area contributed by atoms with Crippen LogP contribution in [0, 0.1) is 6.92 Å². The van der Waals surface area contributed by atoms with Crippen LogP contribution < -0.4 is 16.0 Å². The lowest BCUT2D eigenvalue weighted by atomic mass is 10.1. The number of benzene rings is 2. The van der Waals surface area contributed by atoms with Crippen LogP contribution in [0.3, 0.4) is 0 Å². The Balaban J connectivity index is 1.50. The fourth-order valence-corrected chi connectivity index (χ4v) is 3.42. The summed E-state index contributed by atoms with van der Waals surface area (Å²) in [6, 6.07) is 16.9. The van der Waals surface area contributed by atoms with E-state index in [9.17, 15) is 9.59 Å². The third kappa shape index (κ3) is 5.65. The quantitative estimate of drug-likeness (QED) is 0.575. The normalized spacial score (nSPS) is 11.5. The van der Waals surface area contributed by atoms with Gasteiger partial charge in [-0.3, -0.25) is 10.1 Å². The number of carbonyl (C=O) groups excluding carboxylic acids is 2. The van der Waals surface area contributed by atoms with Gasteiger partial charge in [-0.05, 0) is 37.1 Å². The molecule has 0 aliphatic heterocycles. The van der Waals surface area contributed by atoms with Crippen molar-refractivity contribution in [3.63, 3.8) is 0 Å². The Bertz CT molecular complexity index is 956. The molecule has 1 unspecified atom stereocenters. The molecule has 0 saturated heterocycles. The minimum Gasteiger partial charge on any atom is -0.349 e. The maximum atomic E-state index is 12.3. The molecule has 0 aliphatic rings. The second kappa shape index (κ2) is 9.14. The summed E-state index contributed by atoms with van der Waals surface area (Å²) in [5, 5.41) is 10.6. The molecular weight excluding hydrogens is 372 g/mol. The van der Waals surface area contributed by atoms with Crippen LogP contribution >= 0.6 is 11.3 Å². The minimum absolute atomic E-state index is 0.0787. The molecule has 0 radical (unpaired) electrons. The number of nitrogens with one attached hydrogen (secondary N) is 3. The van der Waals surface area contributed by atoms with E-state index in [-0.39, 0.29) is 24.4 Å². The van der Waals surface area contributed by atoms with E-state index in [2.05, 4.69) is 20.9 Å². The van der Waals surface area contributed by atoms with E-state index in [0.29, 0.717) is 16.5 Å². The van der Waals surface area contributed by atoms with Crippen molar-refractivity contribution < 1.29 is 9.59 Å². The lowest BCUT2D eigenvalue weighted by Gasteiger charge is -2.13. The maximum Gasteiger partial charge on any atom is 0.325 e. The Morgan fingerprint density at radius 3 is 2.61 bits per heavy atom. The number of rotatable bonds is 6. The molecule has 0 saturated carbocycles. The van der Waals surface area contributed by atoms with Crippen molar-refractivity contribution >= 4 is 34.1 Å². The number of hydrogen-bond acceptors (Lipinski definition) is 4. The van der Waals surface area contributed by atoms with Crippen molar-refractivity contribution in [1.29, 1.82) is 0 Å². The van der Waals surface area contributed by atoms with Crippen LogP contribution in [0.2, 0.25) is 0 Å². The molecule has 1 heterocycles. The number of nitrogens with zero attached hydrogens (tertiary/aromatic N) is 1. The van der Waals surface area contributed by atoms with Crippen LogP contribution in [-0.2, 0) is 11.2 Å². The smallest absolute Gasteiger partial charge is 0.325 e. The number of aryl methyl sites for hydroxylation is 1. The fourth-order valence-electron chi connectivity index (χ4n) is 2.71. The number of hydrogen-bond donors (Lipinski definition) is 3. The molecule has 2 aromatic carbocycles. The lowest BCUT2D eigenvalue weighted by Crippen LogP contribution is -2.28. The molecule has 0 aliphatic carbocycles. The Morgan fingerprint density at radius 1 is 1.07 bits per heavy atom. The van der Waals surface area contributed by atoms with Gasteiger partial charge in [0.2, 0.25) is 5.91 Å². The molecule has 3 N–H and O–H groups in total. The van der Waals surface area contributed by atoms with E-state index in [1.807, 2.05) is 68.4 Å². The second-order valence-corrected chi connectivity index (χ2v) is 7.33. The van der Waals surface area contributed by atoms with Gasteiger partial charge in [-0.2, -0.15) is 0 Å². The second-order valence-electron chi connectivity index (χ2n) is 6.47. The first-order valence-electron chi connectivity index (χ1n) is 8.93. The van der Waals surface area contributed by atoms with E-state index in [1.165, 1.54) is 11.3 Å². The summed E-state index contributed by atoms with van der Waals surface area (Å²) in [5.74, 6) is -0.114. The van der Waals surface area contributed by atoms with Crippen LogP contribution in [0.4, 0.5) is 15.6 Å². The van der Waals surface area contributed by atoms with Crippen LogP contribution in [0.25, 0.3) is 0 Å². The number of thiazole rings is 1. The van der Waals surface area contributed by atoms with E-state index < -0.39 is 0 Å².